The second kappa shape index (κ2) is 7.08. The summed E-state index contributed by atoms with van der Waals surface area (Å²) in [6, 6.07) is 6.25. The van der Waals surface area contributed by atoms with Gasteiger partial charge in [-0.3, -0.25) is 0 Å². The van der Waals surface area contributed by atoms with E-state index >= 15 is 0 Å². The highest BCUT2D eigenvalue weighted by Gasteiger charge is 2.25. The molecule has 1 fully saturated rings. The molecule has 2 atom stereocenters. The van der Waals surface area contributed by atoms with E-state index in [1.807, 2.05) is 6.07 Å². The van der Waals surface area contributed by atoms with Gasteiger partial charge < -0.3 is 15.0 Å². The van der Waals surface area contributed by atoms with Crippen molar-refractivity contribution < 1.29 is 4.74 Å². The van der Waals surface area contributed by atoms with Gasteiger partial charge in [-0.25, -0.2) is 9.97 Å². The first-order valence-electron chi connectivity index (χ1n) is 9.23. The van der Waals surface area contributed by atoms with Gasteiger partial charge in [0.15, 0.2) is 17.0 Å². The molecule has 3 aromatic rings. The lowest BCUT2D eigenvalue weighted by atomic mass is 10.1. The third kappa shape index (κ3) is 3.68. The molecule has 0 saturated carbocycles. The molecule has 1 N–H and O–H groups in total. The topological polar surface area (TPSA) is 76.1 Å². The Labute approximate surface area is 158 Å². The second-order valence-corrected chi connectivity index (χ2v) is 7.19. The van der Waals surface area contributed by atoms with Gasteiger partial charge in [0.1, 0.15) is 0 Å². The largest absolute Gasteiger partial charge is 0.372 e. The molecule has 3 heterocycles. The summed E-state index contributed by atoms with van der Waals surface area (Å²) >= 11 is 0. The van der Waals surface area contributed by atoms with Crippen LogP contribution >= 0.6 is 0 Å². The van der Waals surface area contributed by atoms with Crippen molar-refractivity contribution in [1.82, 2.24) is 19.9 Å². The minimum absolute atomic E-state index is 0.131. The average Bonchev–Trinajstić information content (AvgIpc) is 2.64. The maximum Gasteiger partial charge on any atom is 0.229 e. The van der Waals surface area contributed by atoms with Gasteiger partial charge in [0.2, 0.25) is 5.95 Å². The van der Waals surface area contributed by atoms with Crippen LogP contribution in [0.4, 0.5) is 17.5 Å². The monoisotopic (exact) mass is 364 g/mol. The maximum absolute atomic E-state index is 5.83. The molecule has 0 bridgehead atoms. The minimum Gasteiger partial charge on any atom is -0.372 e. The number of anilines is 3. The van der Waals surface area contributed by atoms with E-state index in [1.165, 1.54) is 11.1 Å². The van der Waals surface area contributed by atoms with Crippen molar-refractivity contribution >= 4 is 28.6 Å². The smallest absolute Gasteiger partial charge is 0.229 e. The summed E-state index contributed by atoms with van der Waals surface area (Å²) in [5.41, 5.74) is 4.69. The van der Waals surface area contributed by atoms with Gasteiger partial charge >= 0.3 is 0 Å². The Morgan fingerprint density at radius 3 is 2.48 bits per heavy atom. The normalized spacial score (nSPS) is 20.1. The van der Waals surface area contributed by atoms with Crippen LogP contribution in [0.5, 0.6) is 0 Å². The average molecular weight is 364 g/mol. The Hall–Kier alpha value is -2.80. The molecule has 2 aromatic heterocycles. The van der Waals surface area contributed by atoms with E-state index < -0.39 is 0 Å². The number of nitrogens with zero attached hydrogens (tertiary/aromatic N) is 5. The number of fused-ring (bicyclic) bond motifs is 1. The van der Waals surface area contributed by atoms with Crippen LogP contribution in [0, 0.1) is 13.8 Å². The Balaban J connectivity index is 1.75. The van der Waals surface area contributed by atoms with Crippen LogP contribution in [0.25, 0.3) is 11.2 Å². The van der Waals surface area contributed by atoms with Crippen molar-refractivity contribution in [1.29, 1.82) is 0 Å². The molecule has 0 spiro atoms. The van der Waals surface area contributed by atoms with Crippen LogP contribution in [-0.2, 0) is 4.74 Å². The molecule has 7 heteroatoms. The van der Waals surface area contributed by atoms with Crippen molar-refractivity contribution in [3.8, 4) is 0 Å². The molecule has 1 aliphatic rings. The highest BCUT2D eigenvalue weighted by molar-refractivity contribution is 5.85. The summed E-state index contributed by atoms with van der Waals surface area (Å²) in [5, 5.41) is 3.41. The van der Waals surface area contributed by atoms with Crippen LogP contribution < -0.4 is 10.2 Å². The van der Waals surface area contributed by atoms with Gasteiger partial charge in [-0.05, 0) is 51.0 Å². The molecular formula is C20H24N6O. The van der Waals surface area contributed by atoms with Crippen LogP contribution in [0.3, 0.4) is 0 Å². The molecule has 27 heavy (non-hydrogen) atoms. The van der Waals surface area contributed by atoms with Crippen molar-refractivity contribution in [3.63, 3.8) is 0 Å². The van der Waals surface area contributed by atoms with Gasteiger partial charge in [-0.1, -0.05) is 6.07 Å². The number of aromatic nitrogens is 4. The van der Waals surface area contributed by atoms with E-state index in [9.17, 15) is 0 Å². The number of hydrogen-bond acceptors (Lipinski definition) is 7. The SMILES string of the molecule is Cc1ccc(Nc2nc(N3CC(C)OC(C)C3)nc3nccnc23)cc1C. The molecule has 1 aromatic carbocycles. The molecular weight excluding hydrogens is 340 g/mol. The number of aryl methyl sites for hydroxylation is 2. The van der Waals surface area contributed by atoms with E-state index in [4.69, 9.17) is 9.72 Å². The summed E-state index contributed by atoms with van der Waals surface area (Å²) in [5.74, 6) is 1.31. The van der Waals surface area contributed by atoms with E-state index in [-0.39, 0.29) is 12.2 Å². The lowest BCUT2D eigenvalue weighted by Crippen LogP contribution is -2.46. The van der Waals surface area contributed by atoms with E-state index in [0.29, 0.717) is 22.9 Å². The number of hydrogen-bond donors (Lipinski definition) is 1. The molecule has 140 valence electrons. The standard InChI is InChI=1S/C20H24N6O/c1-12-5-6-16(9-13(12)2)23-19-17-18(22-8-7-21-17)24-20(25-19)26-10-14(3)27-15(4)11-26/h5-9,14-15H,10-11H2,1-4H3,(H,22,23,24,25). The third-order valence-corrected chi connectivity index (χ3v) is 4.79. The van der Waals surface area contributed by atoms with Gasteiger partial charge in [0.05, 0.1) is 12.2 Å². The molecule has 0 radical (unpaired) electrons. The van der Waals surface area contributed by atoms with E-state index in [2.05, 4.69) is 65.0 Å². The van der Waals surface area contributed by atoms with Gasteiger partial charge in [0, 0.05) is 31.2 Å². The van der Waals surface area contributed by atoms with E-state index in [0.717, 1.165) is 18.8 Å². The van der Waals surface area contributed by atoms with E-state index in [1.54, 1.807) is 12.4 Å². The third-order valence-electron chi connectivity index (χ3n) is 4.79. The highest BCUT2D eigenvalue weighted by Crippen LogP contribution is 2.26. The van der Waals surface area contributed by atoms with Crippen molar-refractivity contribution in [2.75, 3.05) is 23.3 Å². The Morgan fingerprint density at radius 2 is 1.74 bits per heavy atom. The molecule has 7 nitrogen and oxygen atoms in total. The number of morpholine rings is 1. The molecule has 4 rings (SSSR count). The van der Waals surface area contributed by atoms with Crippen LogP contribution in [0.1, 0.15) is 25.0 Å². The highest BCUT2D eigenvalue weighted by atomic mass is 16.5. The Bertz CT molecular complexity index is 966. The van der Waals surface area contributed by atoms with Gasteiger partial charge in [-0.2, -0.15) is 9.97 Å². The molecule has 0 amide bonds. The van der Waals surface area contributed by atoms with Gasteiger partial charge in [-0.15, -0.1) is 0 Å². The molecule has 2 unspecified atom stereocenters. The quantitative estimate of drug-likeness (QED) is 0.763. The number of nitrogens with one attached hydrogen (secondary N) is 1. The lowest BCUT2D eigenvalue weighted by molar-refractivity contribution is -0.00569. The predicted octanol–water partition coefficient (Wildman–Crippen LogP) is 3.39. The fraction of sp³-hybridized carbons (Fsp3) is 0.400. The number of rotatable bonds is 3. The first kappa shape index (κ1) is 17.6. The predicted molar refractivity (Wildman–Crippen MR) is 107 cm³/mol. The van der Waals surface area contributed by atoms with Gasteiger partial charge in [0.25, 0.3) is 0 Å². The number of ether oxygens (including phenoxy) is 1. The summed E-state index contributed by atoms with van der Waals surface area (Å²) in [6.45, 7) is 9.83. The van der Waals surface area contributed by atoms with Crippen LogP contribution in [0.15, 0.2) is 30.6 Å². The van der Waals surface area contributed by atoms with Crippen molar-refractivity contribution in [3.05, 3.63) is 41.7 Å². The Kier molecular flexibility index (Phi) is 4.61. The second-order valence-electron chi connectivity index (χ2n) is 7.19. The van der Waals surface area contributed by atoms with Crippen LogP contribution in [0.2, 0.25) is 0 Å². The molecule has 1 aliphatic heterocycles. The first-order valence-corrected chi connectivity index (χ1v) is 9.23. The van der Waals surface area contributed by atoms with Crippen molar-refractivity contribution in [2.24, 2.45) is 0 Å². The fourth-order valence-corrected chi connectivity index (χ4v) is 3.38. The summed E-state index contributed by atoms with van der Waals surface area (Å²) in [4.78, 5) is 20.4. The molecule has 1 saturated heterocycles. The zero-order valence-electron chi connectivity index (χ0n) is 16.1. The summed E-state index contributed by atoms with van der Waals surface area (Å²) < 4.78 is 5.83. The Morgan fingerprint density at radius 1 is 1.00 bits per heavy atom. The zero-order valence-corrected chi connectivity index (χ0v) is 16.1. The fourth-order valence-electron chi connectivity index (χ4n) is 3.38. The molecule has 0 aliphatic carbocycles. The number of benzene rings is 1. The first-order chi connectivity index (χ1) is 13.0. The summed E-state index contributed by atoms with van der Waals surface area (Å²) in [6.07, 6.45) is 3.58. The minimum atomic E-state index is 0.131. The maximum atomic E-state index is 5.83. The summed E-state index contributed by atoms with van der Waals surface area (Å²) in [7, 11) is 0. The van der Waals surface area contributed by atoms with Crippen LogP contribution in [-0.4, -0.2) is 45.2 Å². The zero-order chi connectivity index (χ0) is 19.0. The lowest BCUT2D eigenvalue weighted by Gasteiger charge is -2.35. The van der Waals surface area contributed by atoms with Crippen molar-refractivity contribution in [2.45, 2.75) is 39.9 Å².